The topological polar surface area (TPSA) is 30.9 Å². The van der Waals surface area contributed by atoms with Gasteiger partial charge in [0, 0.05) is 38.6 Å². The molecule has 0 spiro atoms. The largest absolute Gasteiger partial charge is 0.353 e. The fourth-order valence-electron chi connectivity index (χ4n) is 4.34. The number of halogens is 1. The summed E-state index contributed by atoms with van der Waals surface area (Å²) in [5.74, 6) is 3.10. The molecule has 0 amide bonds. The van der Waals surface area contributed by atoms with Gasteiger partial charge >= 0.3 is 0 Å². The lowest BCUT2D eigenvalue weighted by molar-refractivity contribution is 0.255. The zero-order valence-electron chi connectivity index (χ0n) is 18.3. The molecule has 1 aliphatic heterocycles. The number of aliphatic imine (C=N–C) groups is 1. The molecule has 3 rings (SSSR count). The standard InChI is InChI=1S/C23H38N4.HI/c1-6-26(7-2)15-18-12-13-27(16-18)23(24-5)25-22-14-21(22)20-10-8-19(9-11-20)17(3)4;/h8-11,17-18,21-22H,6-7,12-16H2,1-5H3,(H,24,25);1H. The molecule has 3 atom stereocenters. The maximum absolute atomic E-state index is 4.59. The van der Waals surface area contributed by atoms with Crippen LogP contribution in [0, 0.1) is 5.92 Å². The fourth-order valence-corrected chi connectivity index (χ4v) is 4.34. The summed E-state index contributed by atoms with van der Waals surface area (Å²) in [6, 6.07) is 9.77. The van der Waals surface area contributed by atoms with E-state index in [4.69, 9.17) is 0 Å². The van der Waals surface area contributed by atoms with Gasteiger partial charge in [-0.15, -0.1) is 24.0 Å². The third kappa shape index (κ3) is 5.85. The van der Waals surface area contributed by atoms with E-state index in [1.54, 1.807) is 0 Å². The Hall–Kier alpha value is -0.820. The first-order chi connectivity index (χ1) is 13.0. The van der Waals surface area contributed by atoms with Gasteiger partial charge in [0.2, 0.25) is 0 Å². The fraction of sp³-hybridized carbons (Fsp3) is 0.696. The number of benzene rings is 1. The summed E-state index contributed by atoms with van der Waals surface area (Å²) < 4.78 is 0. The van der Waals surface area contributed by atoms with Crippen LogP contribution in [0.1, 0.15) is 63.5 Å². The summed E-state index contributed by atoms with van der Waals surface area (Å²) >= 11 is 0. The summed E-state index contributed by atoms with van der Waals surface area (Å²) in [5.41, 5.74) is 2.89. The summed E-state index contributed by atoms with van der Waals surface area (Å²) in [4.78, 5) is 9.59. The number of rotatable bonds is 7. The Morgan fingerprint density at radius 1 is 1.21 bits per heavy atom. The van der Waals surface area contributed by atoms with Crippen LogP contribution in [0.5, 0.6) is 0 Å². The first kappa shape index (κ1) is 23.5. The highest BCUT2D eigenvalue weighted by atomic mass is 127. The lowest BCUT2D eigenvalue weighted by atomic mass is 10.0. The Bertz CT molecular complexity index is 624. The molecule has 3 unspecified atom stereocenters. The molecule has 0 radical (unpaired) electrons. The number of nitrogens with zero attached hydrogens (tertiary/aromatic N) is 3. The smallest absolute Gasteiger partial charge is 0.193 e. The van der Waals surface area contributed by atoms with Gasteiger partial charge in [-0.2, -0.15) is 0 Å². The normalized spacial score (nSPS) is 24.6. The zero-order chi connectivity index (χ0) is 19.4. The first-order valence-electron chi connectivity index (χ1n) is 10.9. The van der Waals surface area contributed by atoms with E-state index in [1.165, 1.54) is 30.5 Å². The van der Waals surface area contributed by atoms with E-state index < -0.39 is 0 Å². The number of nitrogens with one attached hydrogen (secondary N) is 1. The summed E-state index contributed by atoms with van der Waals surface area (Å²) in [6.45, 7) is 14.8. The van der Waals surface area contributed by atoms with Crippen molar-refractivity contribution < 1.29 is 0 Å². The van der Waals surface area contributed by atoms with Gasteiger partial charge in [0.05, 0.1) is 0 Å². The summed E-state index contributed by atoms with van der Waals surface area (Å²) in [7, 11) is 1.93. The van der Waals surface area contributed by atoms with Crippen LogP contribution in [0.4, 0.5) is 0 Å². The molecule has 1 heterocycles. The van der Waals surface area contributed by atoms with Crippen LogP contribution in [-0.2, 0) is 0 Å². The first-order valence-corrected chi connectivity index (χ1v) is 10.9. The van der Waals surface area contributed by atoms with E-state index in [9.17, 15) is 0 Å². The van der Waals surface area contributed by atoms with E-state index in [1.807, 2.05) is 7.05 Å². The maximum Gasteiger partial charge on any atom is 0.193 e. The van der Waals surface area contributed by atoms with Crippen molar-refractivity contribution in [2.45, 2.75) is 58.4 Å². The lowest BCUT2D eigenvalue weighted by Crippen LogP contribution is -2.42. The Balaban J connectivity index is 0.00000280. The molecular formula is C23H39IN4. The highest BCUT2D eigenvalue weighted by Crippen LogP contribution is 2.41. The third-order valence-corrected chi connectivity index (χ3v) is 6.34. The van der Waals surface area contributed by atoms with Crippen molar-refractivity contribution in [2.24, 2.45) is 10.9 Å². The van der Waals surface area contributed by atoms with E-state index >= 15 is 0 Å². The van der Waals surface area contributed by atoms with E-state index in [0.29, 0.717) is 17.9 Å². The Morgan fingerprint density at radius 3 is 2.46 bits per heavy atom. The van der Waals surface area contributed by atoms with Crippen molar-refractivity contribution in [3.05, 3.63) is 35.4 Å². The van der Waals surface area contributed by atoms with Crippen molar-refractivity contribution in [1.29, 1.82) is 0 Å². The second kappa shape index (κ2) is 10.8. The monoisotopic (exact) mass is 498 g/mol. The molecule has 5 heteroatoms. The van der Waals surface area contributed by atoms with Gasteiger partial charge in [-0.3, -0.25) is 4.99 Å². The Morgan fingerprint density at radius 2 is 1.89 bits per heavy atom. The van der Waals surface area contributed by atoms with E-state index in [-0.39, 0.29) is 24.0 Å². The molecule has 2 fully saturated rings. The zero-order valence-corrected chi connectivity index (χ0v) is 20.6. The van der Waals surface area contributed by atoms with Crippen LogP contribution >= 0.6 is 24.0 Å². The van der Waals surface area contributed by atoms with Crippen LogP contribution in [0.3, 0.4) is 0 Å². The predicted octanol–water partition coefficient (Wildman–Crippen LogP) is 4.52. The minimum atomic E-state index is 0. The van der Waals surface area contributed by atoms with Gasteiger partial charge in [0.15, 0.2) is 5.96 Å². The molecule has 1 saturated heterocycles. The molecule has 1 aliphatic carbocycles. The quantitative estimate of drug-likeness (QED) is 0.341. The van der Waals surface area contributed by atoms with Crippen molar-refractivity contribution in [3.63, 3.8) is 0 Å². The van der Waals surface area contributed by atoms with Crippen LogP contribution in [-0.4, -0.2) is 61.6 Å². The number of likely N-dealkylation sites (tertiary alicyclic amines) is 1. The molecule has 1 aromatic carbocycles. The second-order valence-corrected chi connectivity index (χ2v) is 8.55. The van der Waals surface area contributed by atoms with Crippen molar-refractivity contribution in [3.8, 4) is 0 Å². The van der Waals surface area contributed by atoms with E-state index in [0.717, 1.165) is 38.1 Å². The molecule has 158 valence electrons. The highest BCUT2D eigenvalue weighted by molar-refractivity contribution is 14.0. The van der Waals surface area contributed by atoms with Gasteiger partial charge in [-0.1, -0.05) is 52.0 Å². The van der Waals surface area contributed by atoms with Crippen molar-refractivity contribution in [1.82, 2.24) is 15.1 Å². The second-order valence-electron chi connectivity index (χ2n) is 8.55. The molecular weight excluding hydrogens is 459 g/mol. The third-order valence-electron chi connectivity index (χ3n) is 6.34. The minimum Gasteiger partial charge on any atom is -0.353 e. The highest BCUT2D eigenvalue weighted by Gasteiger charge is 2.40. The van der Waals surface area contributed by atoms with Gasteiger partial charge < -0.3 is 15.1 Å². The van der Waals surface area contributed by atoms with Crippen LogP contribution in [0.25, 0.3) is 0 Å². The molecule has 4 nitrogen and oxygen atoms in total. The number of guanidine groups is 1. The molecule has 0 aromatic heterocycles. The lowest BCUT2D eigenvalue weighted by Gasteiger charge is -2.24. The van der Waals surface area contributed by atoms with Crippen LogP contribution in [0.2, 0.25) is 0 Å². The molecule has 28 heavy (non-hydrogen) atoms. The minimum absolute atomic E-state index is 0. The summed E-state index contributed by atoms with van der Waals surface area (Å²) in [5, 5.41) is 3.73. The van der Waals surface area contributed by atoms with Gasteiger partial charge in [0.25, 0.3) is 0 Å². The van der Waals surface area contributed by atoms with Crippen LogP contribution < -0.4 is 5.32 Å². The average molecular weight is 498 g/mol. The molecule has 1 N–H and O–H groups in total. The van der Waals surface area contributed by atoms with Crippen molar-refractivity contribution in [2.75, 3.05) is 39.8 Å². The Kier molecular flexibility index (Phi) is 9.06. The van der Waals surface area contributed by atoms with Crippen LogP contribution in [0.15, 0.2) is 29.3 Å². The van der Waals surface area contributed by atoms with E-state index in [2.05, 4.69) is 72.1 Å². The number of hydrogen-bond acceptors (Lipinski definition) is 2. The SMILES string of the molecule is CCN(CC)CC1CCN(C(=NC)NC2CC2c2ccc(C(C)C)cc2)C1.I. The summed E-state index contributed by atoms with van der Waals surface area (Å²) in [6.07, 6.45) is 2.50. The predicted molar refractivity (Wildman–Crippen MR) is 131 cm³/mol. The number of hydrogen-bond donors (Lipinski definition) is 1. The Labute approximate surface area is 189 Å². The molecule has 0 bridgehead atoms. The molecule has 2 aliphatic rings. The van der Waals surface area contributed by atoms with Gasteiger partial charge in [0.1, 0.15) is 0 Å². The van der Waals surface area contributed by atoms with Crippen molar-refractivity contribution >= 4 is 29.9 Å². The molecule has 1 aromatic rings. The average Bonchev–Trinajstić information content (AvgIpc) is 3.31. The molecule has 1 saturated carbocycles. The van der Waals surface area contributed by atoms with Gasteiger partial charge in [-0.05, 0) is 48.9 Å². The van der Waals surface area contributed by atoms with Gasteiger partial charge in [-0.25, -0.2) is 0 Å². The maximum atomic E-state index is 4.59.